The normalized spacial score (nSPS) is 25.8. The van der Waals surface area contributed by atoms with E-state index in [1.54, 1.807) is 18.2 Å². The molecule has 0 saturated carbocycles. The maximum Gasteiger partial charge on any atom is 0.323 e. The summed E-state index contributed by atoms with van der Waals surface area (Å²) < 4.78 is 24.5. The summed E-state index contributed by atoms with van der Waals surface area (Å²) >= 11 is 9.59. The van der Waals surface area contributed by atoms with Crippen molar-refractivity contribution in [2.24, 2.45) is 0 Å². The van der Waals surface area contributed by atoms with Crippen molar-refractivity contribution in [3.05, 3.63) is 33.1 Å². The van der Waals surface area contributed by atoms with Crippen LogP contribution >= 0.6 is 39.9 Å². The number of thiocarbonyl (C=S) groups is 1. The summed E-state index contributed by atoms with van der Waals surface area (Å²) in [4.78, 5) is 39.9. The molecule has 1 aromatic carbocycles. The van der Waals surface area contributed by atoms with Crippen LogP contribution in [0.2, 0.25) is 0 Å². The third-order valence-corrected chi connectivity index (χ3v) is 8.52. The first-order valence-electron chi connectivity index (χ1n) is 8.42. The summed E-state index contributed by atoms with van der Waals surface area (Å²) in [6, 6.07) is 4.38. The molecule has 1 aromatic rings. The number of hydrogen-bond acceptors (Lipinski definition) is 7. The lowest BCUT2D eigenvalue weighted by molar-refractivity contribution is -0.136. The van der Waals surface area contributed by atoms with Crippen LogP contribution in [0, 0.1) is 0 Å². The number of amides is 2. The predicted molar refractivity (Wildman–Crippen MR) is 115 cm³/mol. The fraction of sp³-hybridized carbons (Fsp3) is 0.294. The van der Waals surface area contributed by atoms with Gasteiger partial charge in [-0.3, -0.25) is 24.2 Å². The molecule has 8 nitrogen and oxygen atoms in total. The number of anilines is 1. The van der Waals surface area contributed by atoms with Crippen LogP contribution in [0.15, 0.2) is 27.6 Å². The topological polar surface area (TPSA) is 112 Å². The van der Waals surface area contributed by atoms with Crippen molar-refractivity contribution in [1.82, 2.24) is 4.90 Å². The Morgan fingerprint density at radius 3 is 2.66 bits per heavy atom. The Bertz CT molecular complexity index is 1130. The maximum atomic E-state index is 13.1. The van der Waals surface area contributed by atoms with E-state index in [1.165, 1.54) is 4.90 Å². The number of fused-ring (bicyclic) bond motifs is 1. The Hall–Kier alpha value is -1.76. The average Bonchev–Trinajstić information content (AvgIpc) is 3.20. The second-order valence-electron chi connectivity index (χ2n) is 6.75. The molecule has 2 saturated heterocycles. The number of sulfone groups is 1. The van der Waals surface area contributed by atoms with Gasteiger partial charge in [-0.25, -0.2) is 8.42 Å². The highest BCUT2D eigenvalue weighted by Gasteiger charge is 2.46. The van der Waals surface area contributed by atoms with Crippen LogP contribution in [-0.4, -0.2) is 64.6 Å². The van der Waals surface area contributed by atoms with E-state index in [-0.39, 0.29) is 26.3 Å². The van der Waals surface area contributed by atoms with Crippen LogP contribution in [-0.2, 0) is 24.2 Å². The molecule has 2 amide bonds. The Balaban J connectivity index is 1.80. The Kier molecular flexibility index (Phi) is 5.08. The summed E-state index contributed by atoms with van der Waals surface area (Å²) in [5.74, 6) is -2.48. The van der Waals surface area contributed by atoms with Crippen molar-refractivity contribution >= 4 is 83.1 Å². The second-order valence-corrected chi connectivity index (χ2v) is 11.5. The van der Waals surface area contributed by atoms with Crippen molar-refractivity contribution < 1.29 is 27.9 Å². The van der Waals surface area contributed by atoms with Gasteiger partial charge in [0.05, 0.1) is 33.7 Å². The number of carbonyl (C=O) groups excluding carboxylic acids is 2. The minimum Gasteiger partial charge on any atom is -0.480 e. The van der Waals surface area contributed by atoms with Crippen molar-refractivity contribution in [2.45, 2.75) is 12.5 Å². The number of carboxylic acid groups (broad SMARTS) is 1. The minimum absolute atomic E-state index is 0.0122. The fourth-order valence-electron chi connectivity index (χ4n) is 3.64. The third kappa shape index (κ3) is 3.51. The van der Waals surface area contributed by atoms with Crippen LogP contribution < -0.4 is 4.90 Å². The van der Waals surface area contributed by atoms with Gasteiger partial charge in [-0.15, -0.1) is 0 Å². The Morgan fingerprint density at radius 1 is 1.31 bits per heavy atom. The first kappa shape index (κ1) is 20.5. The number of halogens is 1. The van der Waals surface area contributed by atoms with E-state index in [0.717, 1.165) is 16.7 Å². The van der Waals surface area contributed by atoms with Gasteiger partial charge in [0.1, 0.15) is 10.9 Å². The molecule has 152 valence electrons. The number of rotatable bonds is 3. The van der Waals surface area contributed by atoms with E-state index < -0.39 is 40.2 Å². The lowest BCUT2D eigenvalue weighted by Gasteiger charge is -2.21. The molecule has 1 N–H and O–H groups in total. The van der Waals surface area contributed by atoms with Crippen LogP contribution in [0.3, 0.4) is 0 Å². The van der Waals surface area contributed by atoms with E-state index in [2.05, 4.69) is 15.9 Å². The predicted octanol–water partition coefficient (Wildman–Crippen LogP) is 1.64. The molecule has 4 rings (SSSR count). The first-order chi connectivity index (χ1) is 13.6. The highest BCUT2D eigenvalue weighted by Crippen LogP contribution is 2.46. The number of hydrogen-bond donors (Lipinski definition) is 1. The molecule has 3 aliphatic heterocycles. The maximum absolute atomic E-state index is 13.1. The number of carbonyl (C=O) groups is 3. The monoisotopic (exact) mass is 516 g/mol. The summed E-state index contributed by atoms with van der Waals surface area (Å²) in [7, 11) is -3.23. The molecular weight excluding hydrogens is 504 g/mol. The molecule has 0 bridgehead atoms. The molecule has 3 heterocycles. The highest BCUT2D eigenvalue weighted by molar-refractivity contribution is 9.10. The number of aliphatic carboxylic acids is 1. The summed E-state index contributed by atoms with van der Waals surface area (Å²) in [5, 5.41) is 9.17. The molecule has 0 aromatic heterocycles. The van der Waals surface area contributed by atoms with Crippen molar-refractivity contribution in [1.29, 1.82) is 0 Å². The van der Waals surface area contributed by atoms with Gasteiger partial charge in [0.25, 0.3) is 11.8 Å². The Morgan fingerprint density at radius 2 is 2.03 bits per heavy atom. The summed E-state index contributed by atoms with van der Waals surface area (Å²) in [6.45, 7) is -0.544. The molecular formula is C17H13BrN2O6S3. The van der Waals surface area contributed by atoms with Gasteiger partial charge in [0.15, 0.2) is 9.84 Å². The summed E-state index contributed by atoms with van der Waals surface area (Å²) in [6.07, 6.45) is 0.290. The van der Waals surface area contributed by atoms with Gasteiger partial charge in [-0.1, -0.05) is 39.9 Å². The molecule has 2 fully saturated rings. The van der Waals surface area contributed by atoms with Crippen molar-refractivity contribution in [3.63, 3.8) is 0 Å². The molecule has 0 spiro atoms. The molecule has 3 aliphatic rings. The van der Waals surface area contributed by atoms with Gasteiger partial charge in [-0.05, 0) is 24.6 Å². The quantitative estimate of drug-likeness (QED) is 0.476. The zero-order valence-corrected chi connectivity index (χ0v) is 18.7. The van der Waals surface area contributed by atoms with Gasteiger partial charge in [0, 0.05) is 10.0 Å². The van der Waals surface area contributed by atoms with E-state index in [9.17, 15) is 27.9 Å². The second kappa shape index (κ2) is 7.18. The molecule has 29 heavy (non-hydrogen) atoms. The van der Waals surface area contributed by atoms with Gasteiger partial charge < -0.3 is 5.11 Å². The van der Waals surface area contributed by atoms with E-state index in [4.69, 9.17) is 12.2 Å². The average molecular weight is 517 g/mol. The summed E-state index contributed by atoms with van der Waals surface area (Å²) in [5.41, 5.74) is 0.915. The molecule has 0 unspecified atom stereocenters. The van der Waals surface area contributed by atoms with Crippen molar-refractivity contribution in [3.8, 4) is 0 Å². The lowest BCUT2D eigenvalue weighted by Crippen LogP contribution is -2.39. The first-order valence-corrected chi connectivity index (χ1v) is 12.3. The van der Waals surface area contributed by atoms with Crippen LogP contribution in [0.5, 0.6) is 0 Å². The number of nitrogens with zero attached hydrogens (tertiary/aromatic N) is 2. The molecule has 0 radical (unpaired) electrons. The minimum atomic E-state index is -3.23. The van der Waals surface area contributed by atoms with Gasteiger partial charge >= 0.3 is 5.97 Å². The lowest BCUT2D eigenvalue weighted by atomic mass is 10.1. The molecule has 0 aliphatic carbocycles. The zero-order chi connectivity index (χ0) is 21.1. The van der Waals surface area contributed by atoms with E-state index >= 15 is 0 Å². The zero-order valence-electron chi connectivity index (χ0n) is 14.6. The van der Waals surface area contributed by atoms with Crippen molar-refractivity contribution in [2.75, 3.05) is 23.0 Å². The van der Waals surface area contributed by atoms with Gasteiger partial charge in [0.2, 0.25) is 0 Å². The highest BCUT2D eigenvalue weighted by atomic mass is 79.9. The molecule has 12 heteroatoms. The SMILES string of the molecule is O=C(O)CN1C(=O)/C(=C2\SC(=S)N([C@H]3CCS(=O)(=O)C3)C2=O)c2cc(Br)ccc21. The van der Waals surface area contributed by atoms with E-state index in [1.807, 2.05) is 0 Å². The van der Waals surface area contributed by atoms with Gasteiger partial charge in [-0.2, -0.15) is 0 Å². The van der Waals surface area contributed by atoms with Crippen LogP contribution in [0.1, 0.15) is 12.0 Å². The van der Waals surface area contributed by atoms with Crippen LogP contribution in [0.25, 0.3) is 5.57 Å². The molecule has 1 atom stereocenters. The number of carboxylic acids is 1. The van der Waals surface area contributed by atoms with E-state index in [0.29, 0.717) is 22.1 Å². The smallest absolute Gasteiger partial charge is 0.323 e. The van der Waals surface area contributed by atoms with Crippen LogP contribution in [0.4, 0.5) is 5.69 Å². The largest absolute Gasteiger partial charge is 0.480 e. The standard InChI is InChI=1S/C17H13BrN2O6S3/c18-8-1-2-11-10(5-8)13(15(23)19(11)6-12(21)22)14-16(24)20(17(27)28-14)9-3-4-29(25,26)7-9/h1-2,5,9H,3-4,6-7H2,(H,21,22)/b14-13-/t9-/m0/s1. The third-order valence-electron chi connectivity index (χ3n) is 4.87. The number of benzene rings is 1. The Labute approximate surface area is 184 Å². The fourth-order valence-corrected chi connectivity index (χ4v) is 7.17. The number of thioether (sulfide) groups is 1.